The molecule has 0 amide bonds. The number of ketones is 3. The van der Waals surface area contributed by atoms with Crippen LogP contribution in [0.15, 0.2) is 97.1 Å². The minimum Gasteiger partial charge on any atom is -0.457 e. The van der Waals surface area contributed by atoms with Crippen LogP contribution >= 0.6 is 69.6 Å². The molecule has 0 saturated heterocycles. The van der Waals surface area contributed by atoms with E-state index in [1.807, 2.05) is 0 Å². The highest BCUT2D eigenvalue weighted by molar-refractivity contribution is 6.78. The second kappa shape index (κ2) is 12.4. The average Bonchev–Trinajstić information content (AvgIpc) is 2.92. The van der Waals surface area contributed by atoms with Crippen LogP contribution in [0.1, 0.15) is 36.6 Å². The molecule has 0 aliphatic carbocycles. The summed E-state index contributed by atoms with van der Waals surface area (Å²) < 4.78 is 7.46. The number of halogens is 6. The third-order valence-corrected chi connectivity index (χ3v) is 6.48. The first kappa shape index (κ1) is 30.2. The van der Waals surface area contributed by atoms with Gasteiger partial charge in [0.15, 0.2) is 5.78 Å². The van der Waals surface area contributed by atoms with E-state index in [0.29, 0.717) is 34.1 Å². The molecule has 5 nitrogen and oxygen atoms in total. The van der Waals surface area contributed by atoms with Gasteiger partial charge >= 0.3 is 0 Å². The lowest BCUT2D eigenvalue weighted by molar-refractivity contribution is 0.0988. The van der Waals surface area contributed by atoms with Crippen LogP contribution in [0, 0.1) is 0 Å². The van der Waals surface area contributed by atoms with E-state index >= 15 is 0 Å². The van der Waals surface area contributed by atoms with E-state index in [2.05, 4.69) is 0 Å². The van der Waals surface area contributed by atoms with Gasteiger partial charge in [-0.2, -0.15) is 0 Å². The number of rotatable bonds is 8. The Hall–Kier alpha value is -2.77. The van der Waals surface area contributed by atoms with Gasteiger partial charge in [0.05, 0.1) is 0 Å². The molecule has 0 atom stereocenters. The lowest BCUT2D eigenvalue weighted by atomic mass is 10.0. The molecular formula is C29H16Cl6O5. The van der Waals surface area contributed by atoms with Crippen LogP contribution in [0.25, 0.3) is 0 Å². The van der Waals surface area contributed by atoms with E-state index in [1.165, 1.54) is 24.3 Å². The molecular weight excluding hydrogens is 641 g/mol. The fourth-order valence-corrected chi connectivity index (χ4v) is 4.12. The SMILES string of the molecule is O=C(c1ccc(Oc2ccc(C(=O)C(Cl)(Cl)Cl)cc2)cc1)c1ccc(Oc2ccc(C(=O)C(Cl)(Cl)Cl)cc2)cc1. The first-order valence-corrected chi connectivity index (χ1v) is 13.6. The maximum absolute atomic E-state index is 12.9. The van der Waals surface area contributed by atoms with Crippen LogP contribution in [0.2, 0.25) is 0 Å². The summed E-state index contributed by atoms with van der Waals surface area (Å²) in [5.74, 6) is 0.420. The summed E-state index contributed by atoms with van der Waals surface area (Å²) in [4.78, 5) is 37.0. The van der Waals surface area contributed by atoms with Crippen molar-refractivity contribution in [1.29, 1.82) is 0 Å². The van der Waals surface area contributed by atoms with Crippen LogP contribution in [0.4, 0.5) is 0 Å². The summed E-state index contributed by atoms with van der Waals surface area (Å²) in [5, 5.41) is 0. The van der Waals surface area contributed by atoms with Crippen molar-refractivity contribution in [2.45, 2.75) is 7.59 Å². The zero-order chi connectivity index (χ0) is 29.1. The molecule has 0 heterocycles. The first-order valence-electron chi connectivity index (χ1n) is 11.3. The van der Waals surface area contributed by atoms with Gasteiger partial charge in [-0.25, -0.2) is 0 Å². The molecule has 0 aromatic heterocycles. The Morgan fingerprint density at radius 3 is 0.850 bits per heavy atom. The third-order valence-electron chi connectivity index (χ3n) is 5.45. The Labute approximate surface area is 259 Å². The fourth-order valence-electron chi connectivity index (χ4n) is 3.46. The molecule has 0 spiro atoms. The Bertz CT molecular complexity index is 1400. The molecule has 0 N–H and O–H groups in total. The maximum Gasteiger partial charge on any atom is 0.253 e. The van der Waals surface area contributed by atoms with Gasteiger partial charge in [0, 0.05) is 22.3 Å². The van der Waals surface area contributed by atoms with Crippen molar-refractivity contribution >= 4 is 87.0 Å². The van der Waals surface area contributed by atoms with E-state index in [0.717, 1.165) is 0 Å². The van der Waals surface area contributed by atoms with Gasteiger partial charge in [-0.1, -0.05) is 69.6 Å². The highest BCUT2D eigenvalue weighted by Crippen LogP contribution is 2.33. The van der Waals surface area contributed by atoms with Gasteiger partial charge in [0.1, 0.15) is 23.0 Å². The number of ether oxygens (including phenoxy) is 2. The van der Waals surface area contributed by atoms with Crippen molar-refractivity contribution < 1.29 is 23.9 Å². The van der Waals surface area contributed by atoms with Crippen LogP contribution in [0.5, 0.6) is 23.0 Å². The van der Waals surface area contributed by atoms with Crippen molar-refractivity contribution in [1.82, 2.24) is 0 Å². The van der Waals surface area contributed by atoms with Gasteiger partial charge in [-0.3, -0.25) is 14.4 Å². The van der Waals surface area contributed by atoms with Gasteiger partial charge in [-0.05, 0) is 97.1 Å². The molecule has 40 heavy (non-hydrogen) atoms. The quantitative estimate of drug-likeness (QED) is 0.140. The lowest BCUT2D eigenvalue weighted by Gasteiger charge is -2.11. The smallest absolute Gasteiger partial charge is 0.253 e. The van der Waals surface area contributed by atoms with Crippen LogP contribution in [-0.2, 0) is 0 Å². The van der Waals surface area contributed by atoms with Crippen molar-refractivity contribution in [2.75, 3.05) is 0 Å². The van der Waals surface area contributed by atoms with Crippen molar-refractivity contribution in [3.8, 4) is 23.0 Å². The number of alkyl halides is 6. The number of carbonyl (C=O) groups excluding carboxylic acids is 3. The predicted octanol–water partition coefficient (Wildman–Crippen LogP) is 9.61. The monoisotopic (exact) mass is 654 g/mol. The summed E-state index contributed by atoms with van der Waals surface area (Å²) >= 11 is 33.8. The molecule has 11 heteroatoms. The third kappa shape index (κ3) is 7.70. The maximum atomic E-state index is 12.9. The molecule has 4 aromatic carbocycles. The standard InChI is InChI=1S/C29H16Cl6O5/c30-28(31,32)26(37)19-5-13-23(14-6-19)39-21-9-1-17(2-10-21)25(36)18-3-11-22(12-4-18)40-24-15-7-20(8-16-24)27(38)29(33,34)35/h1-16H. The summed E-state index contributed by atoms with van der Waals surface area (Å²) in [6.07, 6.45) is 0. The number of hydrogen-bond donors (Lipinski definition) is 0. The van der Waals surface area contributed by atoms with Crippen LogP contribution < -0.4 is 9.47 Å². The minimum absolute atomic E-state index is 0.192. The molecule has 204 valence electrons. The van der Waals surface area contributed by atoms with E-state index in [4.69, 9.17) is 79.1 Å². The molecule has 0 aliphatic rings. The molecule has 0 bridgehead atoms. The highest BCUT2D eigenvalue weighted by atomic mass is 35.6. The minimum atomic E-state index is -2.04. The summed E-state index contributed by atoms with van der Waals surface area (Å²) in [7, 11) is 0. The first-order chi connectivity index (χ1) is 18.8. The normalized spacial score (nSPS) is 11.6. The number of Topliss-reactive ketones (excluding diaryl/α,β-unsaturated/α-hetero) is 2. The molecule has 0 aliphatic heterocycles. The largest absolute Gasteiger partial charge is 0.457 e. The van der Waals surface area contributed by atoms with Crippen LogP contribution in [0.3, 0.4) is 0 Å². The topological polar surface area (TPSA) is 69.7 Å². The summed E-state index contributed by atoms with van der Waals surface area (Å²) in [6.45, 7) is 0. The van der Waals surface area contributed by atoms with E-state index < -0.39 is 19.2 Å². The summed E-state index contributed by atoms with van der Waals surface area (Å²) in [6, 6.07) is 25.5. The lowest BCUT2D eigenvalue weighted by Crippen LogP contribution is -2.18. The zero-order valence-electron chi connectivity index (χ0n) is 20.0. The number of hydrogen-bond acceptors (Lipinski definition) is 5. The predicted molar refractivity (Wildman–Crippen MR) is 159 cm³/mol. The molecule has 4 aromatic rings. The van der Waals surface area contributed by atoms with Gasteiger partial charge in [0.2, 0.25) is 11.6 Å². The Kier molecular flexibility index (Phi) is 9.36. The van der Waals surface area contributed by atoms with E-state index in [9.17, 15) is 14.4 Å². The van der Waals surface area contributed by atoms with Crippen LogP contribution in [-0.4, -0.2) is 24.9 Å². The summed E-state index contributed by atoms with van der Waals surface area (Å²) in [5.41, 5.74) is 1.38. The average molecular weight is 657 g/mol. The van der Waals surface area contributed by atoms with Crippen molar-refractivity contribution in [2.24, 2.45) is 0 Å². The fraction of sp³-hybridized carbons (Fsp3) is 0.0690. The van der Waals surface area contributed by atoms with Gasteiger partial charge in [-0.15, -0.1) is 0 Å². The molecule has 0 unspecified atom stereocenters. The Balaban J connectivity index is 1.36. The highest BCUT2D eigenvalue weighted by Gasteiger charge is 2.32. The second-order valence-corrected chi connectivity index (χ2v) is 12.8. The van der Waals surface area contributed by atoms with E-state index in [1.54, 1.807) is 72.8 Å². The van der Waals surface area contributed by atoms with E-state index in [-0.39, 0.29) is 16.9 Å². The Morgan fingerprint density at radius 1 is 0.400 bits per heavy atom. The molecule has 0 saturated carbocycles. The molecule has 4 rings (SSSR count). The van der Waals surface area contributed by atoms with Gasteiger partial charge in [0.25, 0.3) is 7.59 Å². The van der Waals surface area contributed by atoms with Gasteiger partial charge < -0.3 is 9.47 Å². The second-order valence-electron chi connectivity index (χ2n) is 8.28. The number of carbonyl (C=O) groups is 3. The Morgan fingerprint density at radius 2 is 0.625 bits per heavy atom. The van der Waals surface area contributed by atoms with Crippen molar-refractivity contribution in [3.63, 3.8) is 0 Å². The zero-order valence-corrected chi connectivity index (χ0v) is 24.6. The molecule has 0 radical (unpaired) electrons. The number of benzene rings is 4. The van der Waals surface area contributed by atoms with Crippen molar-refractivity contribution in [3.05, 3.63) is 119 Å². The molecule has 0 fully saturated rings.